The Bertz CT molecular complexity index is 765. The highest BCUT2D eigenvalue weighted by Gasteiger charge is 2.61. The molecular formula is C17H22BrN3O2S. The molecule has 0 unspecified atom stereocenters. The van der Waals surface area contributed by atoms with Crippen molar-refractivity contribution in [2.75, 3.05) is 23.7 Å². The van der Waals surface area contributed by atoms with Crippen molar-refractivity contribution in [1.82, 2.24) is 9.71 Å². The van der Waals surface area contributed by atoms with Crippen molar-refractivity contribution in [3.8, 4) is 0 Å². The zero-order valence-electron chi connectivity index (χ0n) is 13.5. The van der Waals surface area contributed by atoms with Crippen LogP contribution in [0.5, 0.6) is 0 Å². The second kappa shape index (κ2) is 6.61. The second-order valence-electron chi connectivity index (χ2n) is 6.49. The van der Waals surface area contributed by atoms with Crippen molar-refractivity contribution < 1.29 is 8.42 Å². The van der Waals surface area contributed by atoms with Crippen LogP contribution in [0, 0.1) is 5.41 Å². The SMILES string of the molecule is C=CCCS(=O)(=O)NC[C@]12CCN(c3nc(Br)ccc3C=C)[C@@H]1C2. The molecule has 130 valence electrons. The van der Waals surface area contributed by atoms with Gasteiger partial charge in [-0.1, -0.05) is 18.7 Å². The number of halogens is 1. The van der Waals surface area contributed by atoms with E-state index in [-0.39, 0.29) is 11.2 Å². The van der Waals surface area contributed by atoms with Gasteiger partial charge in [0.15, 0.2) is 0 Å². The fraction of sp³-hybridized carbons (Fsp3) is 0.471. The van der Waals surface area contributed by atoms with Gasteiger partial charge in [-0.05, 0) is 47.3 Å². The minimum Gasteiger partial charge on any atom is -0.352 e. The van der Waals surface area contributed by atoms with E-state index in [0.29, 0.717) is 19.0 Å². The molecule has 0 aromatic carbocycles. The fourth-order valence-electron chi connectivity index (χ4n) is 3.46. The van der Waals surface area contributed by atoms with Crippen molar-refractivity contribution in [3.63, 3.8) is 0 Å². The third kappa shape index (κ3) is 3.43. The van der Waals surface area contributed by atoms with Crippen LogP contribution >= 0.6 is 15.9 Å². The Hall–Kier alpha value is -1.18. The number of nitrogens with zero attached hydrogens (tertiary/aromatic N) is 2. The molecule has 1 aliphatic heterocycles. The van der Waals surface area contributed by atoms with Crippen molar-refractivity contribution >= 4 is 37.8 Å². The monoisotopic (exact) mass is 411 g/mol. The molecule has 1 aliphatic carbocycles. The lowest BCUT2D eigenvalue weighted by molar-refractivity contribution is 0.492. The summed E-state index contributed by atoms with van der Waals surface area (Å²) in [5.74, 6) is 1.03. The second-order valence-corrected chi connectivity index (χ2v) is 9.23. The van der Waals surface area contributed by atoms with Gasteiger partial charge in [0.05, 0.1) is 5.75 Å². The van der Waals surface area contributed by atoms with E-state index >= 15 is 0 Å². The number of aromatic nitrogens is 1. The average molecular weight is 412 g/mol. The highest BCUT2D eigenvalue weighted by Crippen LogP contribution is 2.58. The van der Waals surface area contributed by atoms with Gasteiger partial charge in [-0.15, -0.1) is 6.58 Å². The number of hydrogen-bond donors (Lipinski definition) is 1. The predicted octanol–water partition coefficient (Wildman–Crippen LogP) is 2.95. The van der Waals surface area contributed by atoms with Crippen LogP contribution < -0.4 is 9.62 Å². The minimum atomic E-state index is -3.22. The third-order valence-electron chi connectivity index (χ3n) is 4.97. The summed E-state index contributed by atoms with van der Waals surface area (Å²) in [6.45, 7) is 8.83. The normalized spacial score (nSPS) is 25.4. The first-order valence-electron chi connectivity index (χ1n) is 8.05. The molecule has 2 heterocycles. The maximum atomic E-state index is 12.0. The number of nitrogens with one attached hydrogen (secondary N) is 1. The van der Waals surface area contributed by atoms with Gasteiger partial charge in [-0.3, -0.25) is 0 Å². The summed E-state index contributed by atoms with van der Waals surface area (Å²) in [7, 11) is -3.22. The van der Waals surface area contributed by atoms with Crippen LogP contribution in [0.15, 0.2) is 36.0 Å². The Morgan fingerprint density at radius 3 is 2.92 bits per heavy atom. The van der Waals surface area contributed by atoms with Crippen molar-refractivity contribution in [2.24, 2.45) is 5.41 Å². The number of hydrogen-bond acceptors (Lipinski definition) is 4. The summed E-state index contributed by atoms with van der Waals surface area (Å²) >= 11 is 3.43. The topological polar surface area (TPSA) is 62.3 Å². The van der Waals surface area contributed by atoms with Crippen LogP contribution in [0.3, 0.4) is 0 Å². The first-order valence-corrected chi connectivity index (χ1v) is 10.5. The van der Waals surface area contributed by atoms with E-state index in [1.807, 2.05) is 18.2 Å². The summed E-state index contributed by atoms with van der Waals surface area (Å²) < 4.78 is 27.6. The Labute approximate surface area is 152 Å². The molecule has 24 heavy (non-hydrogen) atoms. The minimum absolute atomic E-state index is 0.0453. The molecule has 2 aliphatic rings. The lowest BCUT2D eigenvalue weighted by Gasteiger charge is -2.21. The van der Waals surface area contributed by atoms with Gasteiger partial charge in [0.25, 0.3) is 0 Å². The molecule has 1 saturated heterocycles. The van der Waals surface area contributed by atoms with E-state index in [1.165, 1.54) is 0 Å². The number of pyridine rings is 1. The molecular weight excluding hydrogens is 390 g/mol. The molecule has 1 aromatic rings. The number of fused-ring (bicyclic) bond motifs is 1. The molecule has 0 amide bonds. The van der Waals surface area contributed by atoms with Crippen LogP contribution in [0.4, 0.5) is 5.82 Å². The molecule has 3 rings (SSSR count). The van der Waals surface area contributed by atoms with E-state index in [1.54, 1.807) is 6.08 Å². The summed E-state index contributed by atoms with van der Waals surface area (Å²) in [6.07, 6.45) is 5.90. The number of rotatable bonds is 8. The van der Waals surface area contributed by atoms with Crippen molar-refractivity contribution in [1.29, 1.82) is 0 Å². The van der Waals surface area contributed by atoms with Gasteiger partial charge in [0.1, 0.15) is 10.4 Å². The average Bonchev–Trinajstić information content (AvgIpc) is 3.17. The molecule has 0 radical (unpaired) electrons. The quantitative estimate of drug-likeness (QED) is 0.527. The Kier molecular flexibility index (Phi) is 4.86. The van der Waals surface area contributed by atoms with Gasteiger partial charge in [-0.2, -0.15) is 0 Å². The molecule has 7 heteroatoms. The van der Waals surface area contributed by atoms with E-state index in [9.17, 15) is 8.42 Å². The van der Waals surface area contributed by atoms with E-state index in [2.05, 4.69) is 43.7 Å². The molecule has 2 fully saturated rings. The van der Waals surface area contributed by atoms with E-state index in [4.69, 9.17) is 0 Å². The Balaban J connectivity index is 1.69. The van der Waals surface area contributed by atoms with Crippen molar-refractivity contribution in [3.05, 3.63) is 41.5 Å². The molecule has 0 spiro atoms. The lowest BCUT2D eigenvalue weighted by Crippen LogP contribution is -2.33. The van der Waals surface area contributed by atoms with E-state index < -0.39 is 10.0 Å². The van der Waals surface area contributed by atoms with Gasteiger partial charge in [0, 0.05) is 30.1 Å². The smallest absolute Gasteiger partial charge is 0.211 e. The zero-order valence-corrected chi connectivity index (χ0v) is 15.9. The Morgan fingerprint density at radius 2 is 2.25 bits per heavy atom. The van der Waals surface area contributed by atoms with Gasteiger partial charge in [-0.25, -0.2) is 18.1 Å². The van der Waals surface area contributed by atoms with Crippen molar-refractivity contribution in [2.45, 2.75) is 25.3 Å². The maximum Gasteiger partial charge on any atom is 0.211 e. The summed E-state index contributed by atoms with van der Waals surface area (Å²) in [5.41, 5.74) is 1.05. The Morgan fingerprint density at radius 1 is 1.46 bits per heavy atom. The number of allylic oxidation sites excluding steroid dienone is 1. The molecule has 2 atom stereocenters. The van der Waals surface area contributed by atoms with Crippen LogP contribution in [-0.2, 0) is 10.0 Å². The maximum absolute atomic E-state index is 12.0. The van der Waals surface area contributed by atoms with Gasteiger partial charge in [0.2, 0.25) is 10.0 Å². The van der Waals surface area contributed by atoms with Gasteiger partial charge < -0.3 is 4.90 Å². The summed E-state index contributed by atoms with van der Waals surface area (Å²) in [6, 6.07) is 4.25. The largest absolute Gasteiger partial charge is 0.352 e. The molecule has 1 aromatic heterocycles. The fourth-order valence-corrected chi connectivity index (χ4v) is 4.89. The number of sulfonamides is 1. The highest BCUT2D eigenvalue weighted by molar-refractivity contribution is 9.10. The van der Waals surface area contributed by atoms with E-state index in [0.717, 1.165) is 35.4 Å². The molecule has 0 bridgehead atoms. The predicted molar refractivity (Wildman–Crippen MR) is 101 cm³/mol. The van der Waals surface area contributed by atoms with Crippen LogP contribution in [0.1, 0.15) is 24.8 Å². The third-order valence-corrected chi connectivity index (χ3v) is 6.77. The summed E-state index contributed by atoms with van der Waals surface area (Å²) in [5, 5.41) is 0. The van der Waals surface area contributed by atoms with Crippen LogP contribution in [-0.4, -0.2) is 38.3 Å². The van der Waals surface area contributed by atoms with Crippen LogP contribution in [0.25, 0.3) is 6.08 Å². The molecule has 5 nitrogen and oxygen atoms in total. The van der Waals surface area contributed by atoms with Gasteiger partial charge >= 0.3 is 0 Å². The first-order chi connectivity index (χ1) is 11.4. The zero-order chi connectivity index (χ0) is 17.4. The first kappa shape index (κ1) is 17.6. The standard InChI is InChI=1S/C17H22BrN3O2S/c1-3-5-10-24(22,23)19-12-17-8-9-21(14(17)11-17)16-13(4-2)6-7-15(18)20-16/h3-4,6-7,14,19H,1-2,5,8-12H2/t14-,17-/m1/s1. The lowest BCUT2D eigenvalue weighted by atomic mass is 10.1. The number of piperidine rings is 1. The molecule has 1 N–H and O–H groups in total. The molecule has 1 saturated carbocycles. The number of anilines is 1. The van der Waals surface area contributed by atoms with Crippen LogP contribution in [0.2, 0.25) is 0 Å². The highest BCUT2D eigenvalue weighted by atomic mass is 79.9. The summed E-state index contributed by atoms with van der Waals surface area (Å²) in [4.78, 5) is 6.90.